The molecule has 0 fully saturated rings. The van der Waals surface area contributed by atoms with Crippen LogP contribution in [0.4, 0.5) is 10.8 Å². The largest absolute Gasteiger partial charge is 0.298 e. The second-order valence-corrected chi connectivity index (χ2v) is 8.51. The van der Waals surface area contributed by atoms with Crippen LogP contribution >= 0.6 is 22.9 Å². The molecule has 1 heterocycles. The van der Waals surface area contributed by atoms with Gasteiger partial charge >= 0.3 is 0 Å². The van der Waals surface area contributed by atoms with Crippen molar-refractivity contribution in [2.24, 2.45) is 0 Å². The summed E-state index contributed by atoms with van der Waals surface area (Å²) >= 11 is 7.07. The molecular formula is C20H18ClN3O3S. The van der Waals surface area contributed by atoms with Crippen molar-refractivity contribution >= 4 is 39.7 Å². The molecular weight excluding hydrogens is 398 g/mol. The number of hydrogen-bond acceptors (Lipinski definition) is 5. The molecule has 0 saturated carbocycles. The van der Waals surface area contributed by atoms with E-state index in [0.29, 0.717) is 5.13 Å². The van der Waals surface area contributed by atoms with Crippen LogP contribution in [0.3, 0.4) is 0 Å². The van der Waals surface area contributed by atoms with Gasteiger partial charge in [-0.1, -0.05) is 56.6 Å². The molecule has 1 aromatic heterocycles. The second kappa shape index (κ2) is 7.69. The summed E-state index contributed by atoms with van der Waals surface area (Å²) in [5, 5.41) is 15.9. The number of anilines is 1. The first-order chi connectivity index (χ1) is 13.1. The molecule has 144 valence electrons. The predicted molar refractivity (Wildman–Crippen MR) is 112 cm³/mol. The Morgan fingerprint density at radius 3 is 2.46 bits per heavy atom. The summed E-state index contributed by atoms with van der Waals surface area (Å²) in [6.45, 7) is 6.46. The zero-order chi connectivity index (χ0) is 20.5. The lowest BCUT2D eigenvalue weighted by Crippen LogP contribution is -2.12. The van der Waals surface area contributed by atoms with Gasteiger partial charge in [0.1, 0.15) is 5.02 Å². The summed E-state index contributed by atoms with van der Waals surface area (Å²) in [4.78, 5) is 27.2. The first kappa shape index (κ1) is 20.0. The van der Waals surface area contributed by atoms with Crippen LogP contribution in [0.25, 0.3) is 11.3 Å². The summed E-state index contributed by atoms with van der Waals surface area (Å²) in [7, 11) is 0. The van der Waals surface area contributed by atoms with Crippen molar-refractivity contribution in [3.63, 3.8) is 0 Å². The highest BCUT2D eigenvalue weighted by Crippen LogP contribution is 2.29. The van der Waals surface area contributed by atoms with E-state index in [0.717, 1.165) is 17.3 Å². The lowest BCUT2D eigenvalue weighted by molar-refractivity contribution is -0.384. The minimum Gasteiger partial charge on any atom is -0.298 e. The molecule has 1 N–H and O–H groups in total. The molecule has 8 heteroatoms. The Labute approximate surface area is 171 Å². The number of carbonyl (C=O) groups excluding carboxylic acids is 1. The van der Waals surface area contributed by atoms with Crippen LogP contribution in [0.15, 0.2) is 47.8 Å². The number of nitrogens with one attached hydrogen (secondary N) is 1. The Bertz CT molecular complexity index is 1040. The fraction of sp³-hybridized carbons (Fsp3) is 0.200. The van der Waals surface area contributed by atoms with Gasteiger partial charge in [-0.25, -0.2) is 4.98 Å². The Kier molecular flexibility index (Phi) is 5.49. The minimum atomic E-state index is -0.623. The van der Waals surface area contributed by atoms with E-state index in [4.69, 9.17) is 11.6 Å². The molecule has 0 atom stereocenters. The molecule has 0 bridgehead atoms. The molecule has 0 aliphatic rings. The van der Waals surface area contributed by atoms with Crippen LogP contribution in [0, 0.1) is 10.1 Å². The van der Waals surface area contributed by atoms with Crippen LogP contribution in [-0.2, 0) is 5.41 Å². The van der Waals surface area contributed by atoms with Crippen LogP contribution in [-0.4, -0.2) is 15.8 Å². The van der Waals surface area contributed by atoms with Gasteiger partial charge in [-0.15, -0.1) is 11.3 Å². The zero-order valence-corrected chi connectivity index (χ0v) is 17.1. The smallest absolute Gasteiger partial charge is 0.288 e. The summed E-state index contributed by atoms with van der Waals surface area (Å²) < 4.78 is 0. The molecule has 28 heavy (non-hydrogen) atoms. The van der Waals surface area contributed by atoms with E-state index in [-0.39, 0.29) is 21.7 Å². The summed E-state index contributed by atoms with van der Waals surface area (Å²) in [5.41, 5.74) is 2.83. The van der Waals surface area contributed by atoms with Gasteiger partial charge in [0.25, 0.3) is 11.6 Å². The number of aromatic nitrogens is 1. The lowest BCUT2D eigenvalue weighted by Gasteiger charge is -2.18. The molecule has 0 aliphatic heterocycles. The average molecular weight is 416 g/mol. The van der Waals surface area contributed by atoms with Crippen molar-refractivity contribution in [3.8, 4) is 11.3 Å². The molecule has 0 spiro atoms. The number of amides is 1. The Morgan fingerprint density at radius 1 is 1.18 bits per heavy atom. The lowest BCUT2D eigenvalue weighted by atomic mass is 9.86. The normalized spacial score (nSPS) is 11.3. The average Bonchev–Trinajstić information content (AvgIpc) is 3.09. The predicted octanol–water partition coefficient (Wildman–Crippen LogP) is 5.92. The molecule has 3 rings (SSSR count). The fourth-order valence-corrected chi connectivity index (χ4v) is 3.47. The molecule has 6 nitrogen and oxygen atoms in total. The van der Waals surface area contributed by atoms with E-state index in [1.54, 1.807) is 0 Å². The van der Waals surface area contributed by atoms with Crippen molar-refractivity contribution in [1.82, 2.24) is 4.98 Å². The van der Waals surface area contributed by atoms with Gasteiger partial charge in [-0.2, -0.15) is 0 Å². The number of hydrogen-bond donors (Lipinski definition) is 1. The number of rotatable bonds is 4. The summed E-state index contributed by atoms with van der Waals surface area (Å²) in [5.74, 6) is -0.483. The second-order valence-electron chi connectivity index (χ2n) is 7.24. The third-order valence-corrected chi connectivity index (χ3v) is 5.25. The number of halogens is 1. The Balaban J connectivity index is 1.77. The van der Waals surface area contributed by atoms with E-state index < -0.39 is 10.8 Å². The third kappa shape index (κ3) is 4.37. The number of benzene rings is 2. The molecule has 1 amide bonds. The SMILES string of the molecule is CC(C)(C)c1ccc(-c2csc(NC(=O)c3ccc(Cl)c([N+](=O)[O-])c3)n2)cc1. The number of nitrogens with zero attached hydrogens (tertiary/aromatic N) is 2. The molecule has 0 aliphatic carbocycles. The van der Waals surface area contributed by atoms with E-state index in [1.807, 2.05) is 17.5 Å². The first-order valence-electron chi connectivity index (χ1n) is 8.47. The topological polar surface area (TPSA) is 85.1 Å². The number of carbonyl (C=O) groups is 1. The third-order valence-electron chi connectivity index (χ3n) is 4.18. The standard InChI is InChI=1S/C20H18ClN3O3S/c1-20(2,3)14-7-4-12(5-8-14)16-11-28-19(22-16)23-18(25)13-6-9-15(21)17(10-13)24(26)27/h4-11H,1-3H3,(H,22,23,25). The Hall–Kier alpha value is -2.77. The zero-order valence-electron chi connectivity index (χ0n) is 15.5. The van der Waals surface area contributed by atoms with E-state index in [9.17, 15) is 14.9 Å². The maximum Gasteiger partial charge on any atom is 0.288 e. The maximum absolute atomic E-state index is 12.4. The highest BCUT2D eigenvalue weighted by Gasteiger charge is 2.18. The Morgan fingerprint density at radius 2 is 1.86 bits per heavy atom. The summed E-state index contributed by atoms with van der Waals surface area (Å²) in [6, 6.07) is 12.1. The minimum absolute atomic E-state index is 0.0169. The quantitative estimate of drug-likeness (QED) is 0.423. The van der Waals surface area contributed by atoms with Crippen LogP contribution in [0.5, 0.6) is 0 Å². The van der Waals surface area contributed by atoms with Crippen LogP contribution < -0.4 is 5.32 Å². The van der Waals surface area contributed by atoms with Gasteiger partial charge in [0.15, 0.2) is 5.13 Å². The number of thiazole rings is 1. The van der Waals surface area contributed by atoms with Gasteiger partial charge in [-0.3, -0.25) is 20.2 Å². The van der Waals surface area contributed by atoms with E-state index in [2.05, 4.69) is 43.2 Å². The van der Waals surface area contributed by atoms with Crippen molar-refractivity contribution in [2.45, 2.75) is 26.2 Å². The van der Waals surface area contributed by atoms with Crippen molar-refractivity contribution in [2.75, 3.05) is 5.32 Å². The highest BCUT2D eigenvalue weighted by molar-refractivity contribution is 7.14. The van der Waals surface area contributed by atoms with Gasteiger partial charge in [0.2, 0.25) is 0 Å². The van der Waals surface area contributed by atoms with E-state index in [1.165, 1.54) is 29.0 Å². The van der Waals surface area contributed by atoms with Crippen molar-refractivity contribution in [1.29, 1.82) is 0 Å². The van der Waals surface area contributed by atoms with Crippen LogP contribution in [0.1, 0.15) is 36.7 Å². The van der Waals surface area contributed by atoms with Gasteiger partial charge in [0.05, 0.1) is 10.6 Å². The molecule has 0 unspecified atom stereocenters. The van der Waals surface area contributed by atoms with E-state index >= 15 is 0 Å². The van der Waals surface area contributed by atoms with Crippen molar-refractivity contribution < 1.29 is 9.72 Å². The highest BCUT2D eigenvalue weighted by atomic mass is 35.5. The van der Waals surface area contributed by atoms with Gasteiger partial charge in [0, 0.05) is 22.6 Å². The van der Waals surface area contributed by atoms with Crippen LogP contribution in [0.2, 0.25) is 5.02 Å². The molecule has 3 aromatic rings. The molecule has 0 radical (unpaired) electrons. The monoisotopic (exact) mass is 415 g/mol. The van der Waals surface area contributed by atoms with Gasteiger partial charge < -0.3 is 0 Å². The molecule has 2 aromatic carbocycles. The summed E-state index contributed by atoms with van der Waals surface area (Å²) in [6.07, 6.45) is 0. The fourth-order valence-electron chi connectivity index (χ4n) is 2.57. The molecule has 0 saturated heterocycles. The number of nitro benzene ring substituents is 1. The van der Waals surface area contributed by atoms with Crippen molar-refractivity contribution in [3.05, 3.63) is 74.1 Å². The first-order valence-corrected chi connectivity index (χ1v) is 9.72. The maximum atomic E-state index is 12.4. The van der Waals surface area contributed by atoms with Gasteiger partial charge in [-0.05, 0) is 23.1 Å². The number of nitro groups is 1.